The maximum atomic E-state index is 12.7. The first-order chi connectivity index (χ1) is 9.22. The van der Waals surface area contributed by atoms with Crippen LogP contribution in [0.1, 0.15) is 38.5 Å². The largest absolute Gasteiger partial charge is 0.396 e. The van der Waals surface area contributed by atoms with Crippen LogP contribution in [0.4, 0.5) is 8.78 Å². The monoisotopic (exact) mass is 309 g/mol. The fraction of sp³-hybridized carbons (Fsp3) is 1.00. The maximum Gasteiger partial charge on any atom is 0.248 e. The maximum absolute atomic E-state index is 12.7. The van der Waals surface area contributed by atoms with Crippen LogP contribution in [0.25, 0.3) is 0 Å². The van der Waals surface area contributed by atoms with E-state index in [1.807, 2.05) is 0 Å². The molecule has 0 aromatic carbocycles. The molecule has 0 heterocycles. The molecule has 2 N–H and O–H groups in total. The molecule has 3 saturated carbocycles. The van der Waals surface area contributed by atoms with Crippen molar-refractivity contribution in [3.63, 3.8) is 0 Å². The summed E-state index contributed by atoms with van der Waals surface area (Å²) in [5, 5.41) is 9.53. The van der Waals surface area contributed by atoms with Gasteiger partial charge in [-0.1, -0.05) is 6.42 Å². The molecule has 4 nitrogen and oxygen atoms in total. The Balaban J connectivity index is 1.50. The lowest BCUT2D eigenvalue weighted by Crippen LogP contribution is -2.44. The number of nitrogens with one attached hydrogen (secondary N) is 1. The normalized spacial score (nSPS) is 34.5. The SMILES string of the molecule is O=S(=O)(CC1CC(F)(F)C1)NCC1(CO)CC12CCC2. The number of halogens is 2. The van der Waals surface area contributed by atoms with Crippen LogP contribution in [-0.2, 0) is 10.0 Å². The van der Waals surface area contributed by atoms with Crippen molar-refractivity contribution in [2.45, 2.75) is 44.4 Å². The van der Waals surface area contributed by atoms with E-state index < -0.39 is 21.9 Å². The summed E-state index contributed by atoms with van der Waals surface area (Å²) in [5.74, 6) is -3.35. The van der Waals surface area contributed by atoms with Gasteiger partial charge in [-0.25, -0.2) is 21.9 Å². The van der Waals surface area contributed by atoms with Crippen LogP contribution in [0, 0.1) is 16.7 Å². The fourth-order valence-electron chi connectivity index (χ4n) is 3.96. The Morgan fingerprint density at radius 3 is 2.30 bits per heavy atom. The van der Waals surface area contributed by atoms with Gasteiger partial charge in [0.1, 0.15) is 0 Å². The smallest absolute Gasteiger partial charge is 0.248 e. The van der Waals surface area contributed by atoms with Crippen LogP contribution in [0.3, 0.4) is 0 Å². The molecule has 0 aliphatic heterocycles. The predicted molar refractivity (Wildman–Crippen MR) is 69.9 cm³/mol. The Hall–Kier alpha value is -0.270. The van der Waals surface area contributed by atoms with Gasteiger partial charge in [0.15, 0.2) is 0 Å². The van der Waals surface area contributed by atoms with Crippen molar-refractivity contribution < 1.29 is 22.3 Å². The summed E-state index contributed by atoms with van der Waals surface area (Å²) in [6.45, 7) is 0.242. The van der Waals surface area contributed by atoms with Crippen molar-refractivity contribution in [2.75, 3.05) is 18.9 Å². The Morgan fingerprint density at radius 1 is 1.25 bits per heavy atom. The van der Waals surface area contributed by atoms with Crippen molar-refractivity contribution in [3.05, 3.63) is 0 Å². The third kappa shape index (κ3) is 2.37. The molecular weight excluding hydrogens is 288 g/mol. The highest BCUT2D eigenvalue weighted by molar-refractivity contribution is 7.89. The molecule has 3 aliphatic rings. The molecule has 3 aliphatic carbocycles. The zero-order valence-electron chi connectivity index (χ0n) is 11.4. The van der Waals surface area contributed by atoms with Gasteiger partial charge in [0.05, 0.1) is 12.4 Å². The lowest BCUT2D eigenvalue weighted by Gasteiger charge is -2.35. The van der Waals surface area contributed by atoms with Crippen LogP contribution in [0.15, 0.2) is 0 Å². The predicted octanol–water partition coefficient (Wildman–Crippen LogP) is 1.50. The molecule has 7 heteroatoms. The van der Waals surface area contributed by atoms with E-state index in [1.165, 1.54) is 0 Å². The minimum Gasteiger partial charge on any atom is -0.396 e. The second-order valence-electron chi connectivity index (χ2n) is 6.98. The summed E-state index contributed by atoms with van der Waals surface area (Å²) < 4.78 is 51.8. The fourth-order valence-corrected chi connectivity index (χ4v) is 5.43. The van der Waals surface area contributed by atoms with Gasteiger partial charge < -0.3 is 5.11 Å². The van der Waals surface area contributed by atoms with Crippen molar-refractivity contribution in [2.24, 2.45) is 16.7 Å². The Bertz CT molecular complexity index is 496. The van der Waals surface area contributed by atoms with Gasteiger partial charge in [-0.2, -0.15) is 0 Å². The average Bonchev–Trinajstić information content (AvgIpc) is 2.94. The van der Waals surface area contributed by atoms with Crippen LogP contribution in [0.5, 0.6) is 0 Å². The standard InChI is InChI=1S/C13H21F2NO3S/c14-13(15)4-10(5-13)6-20(18,19)16-8-12(9-17)7-11(12)2-1-3-11/h10,16-17H,1-9H2. The lowest BCUT2D eigenvalue weighted by molar-refractivity contribution is -0.103. The number of sulfonamides is 1. The molecular formula is C13H21F2NO3S. The molecule has 3 fully saturated rings. The zero-order valence-corrected chi connectivity index (χ0v) is 12.2. The number of hydrogen-bond donors (Lipinski definition) is 2. The number of aliphatic hydroxyl groups excluding tert-OH is 1. The summed E-state index contributed by atoms with van der Waals surface area (Å²) in [6.07, 6.45) is 3.48. The quantitative estimate of drug-likeness (QED) is 0.781. The van der Waals surface area contributed by atoms with Crippen molar-refractivity contribution in [1.82, 2.24) is 4.72 Å². The second kappa shape index (κ2) is 4.36. The molecule has 0 radical (unpaired) electrons. The molecule has 3 rings (SSSR count). The van der Waals surface area contributed by atoms with Gasteiger partial charge in [-0.3, -0.25) is 0 Å². The van der Waals surface area contributed by atoms with Crippen molar-refractivity contribution in [1.29, 1.82) is 0 Å². The van der Waals surface area contributed by atoms with E-state index in [0.29, 0.717) is 0 Å². The van der Waals surface area contributed by atoms with Gasteiger partial charge in [-0.05, 0) is 30.6 Å². The molecule has 1 atom stereocenters. The highest BCUT2D eigenvalue weighted by atomic mass is 32.2. The van der Waals surface area contributed by atoms with Crippen molar-refractivity contribution in [3.8, 4) is 0 Å². The minimum atomic E-state index is -3.52. The molecule has 0 amide bonds. The molecule has 0 bridgehead atoms. The topological polar surface area (TPSA) is 66.4 Å². The first-order valence-corrected chi connectivity index (χ1v) is 8.83. The third-order valence-corrected chi connectivity index (χ3v) is 7.04. The van der Waals surface area contributed by atoms with Gasteiger partial charge in [0, 0.05) is 24.8 Å². The molecule has 0 aromatic heterocycles. The summed E-state index contributed by atoms with van der Waals surface area (Å²) in [6, 6.07) is 0. The number of hydrogen-bond acceptors (Lipinski definition) is 3. The van der Waals surface area contributed by atoms with Crippen LogP contribution < -0.4 is 4.72 Å². The van der Waals surface area contributed by atoms with Crippen LogP contribution >= 0.6 is 0 Å². The summed E-state index contributed by atoms with van der Waals surface area (Å²) in [7, 11) is -3.52. The van der Waals surface area contributed by atoms with E-state index in [2.05, 4.69) is 4.72 Å². The van der Waals surface area contributed by atoms with E-state index in [1.54, 1.807) is 0 Å². The molecule has 1 spiro atoms. The summed E-state index contributed by atoms with van der Waals surface area (Å²) >= 11 is 0. The third-order valence-electron chi connectivity index (χ3n) is 5.55. The van der Waals surface area contributed by atoms with Gasteiger partial charge >= 0.3 is 0 Å². The van der Waals surface area contributed by atoms with Crippen LogP contribution in [-0.4, -0.2) is 38.4 Å². The number of aliphatic hydroxyl groups is 1. The molecule has 116 valence electrons. The van der Waals surface area contributed by atoms with Crippen molar-refractivity contribution >= 4 is 10.0 Å². The first-order valence-electron chi connectivity index (χ1n) is 7.18. The van der Waals surface area contributed by atoms with Gasteiger partial charge in [0.25, 0.3) is 0 Å². The van der Waals surface area contributed by atoms with Gasteiger partial charge in [-0.15, -0.1) is 0 Å². The van der Waals surface area contributed by atoms with E-state index in [0.717, 1.165) is 25.7 Å². The Morgan fingerprint density at radius 2 is 1.90 bits per heavy atom. The van der Waals surface area contributed by atoms with E-state index in [4.69, 9.17) is 0 Å². The minimum absolute atomic E-state index is 0.00296. The Labute approximate surface area is 118 Å². The number of rotatable bonds is 6. The molecule has 20 heavy (non-hydrogen) atoms. The highest BCUT2D eigenvalue weighted by Crippen LogP contribution is 2.73. The number of alkyl halides is 2. The van der Waals surface area contributed by atoms with E-state index >= 15 is 0 Å². The van der Waals surface area contributed by atoms with Gasteiger partial charge in [0.2, 0.25) is 15.9 Å². The Kier molecular flexibility index (Phi) is 3.20. The lowest BCUT2D eigenvalue weighted by atomic mass is 9.75. The molecule has 1 unspecified atom stereocenters. The highest BCUT2D eigenvalue weighted by Gasteiger charge is 2.68. The summed E-state index contributed by atoms with van der Waals surface area (Å²) in [5.41, 5.74) is -0.157. The zero-order chi connectivity index (χ0) is 14.6. The van der Waals surface area contributed by atoms with E-state index in [9.17, 15) is 22.3 Å². The molecule has 0 saturated heterocycles. The molecule has 0 aromatic rings. The summed E-state index contributed by atoms with van der Waals surface area (Å²) in [4.78, 5) is 0. The second-order valence-corrected chi connectivity index (χ2v) is 8.83. The van der Waals surface area contributed by atoms with Crippen LogP contribution in [0.2, 0.25) is 0 Å². The average molecular weight is 309 g/mol. The van der Waals surface area contributed by atoms with E-state index in [-0.39, 0.29) is 42.6 Å². The first kappa shape index (κ1) is 14.7.